The van der Waals surface area contributed by atoms with Crippen LogP contribution in [-0.4, -0.2) is 33.2 Å². The van der Waals surface area contributed by atoms with Crippen molar-refractivity contribution in [2.45, 2.75) is 32.2 Å². The number of nitrogens with zero attached hydrogens (tertiary/aromatic N) is 3. The maximum Gasteiger partial charge on any atom is 0.0705 e. The van der Waals surface area contributed by atoms with Crippen molar-refractivity contribution in [3.8, 4) is 11.1 Å². The molecular formula is C25H26N4. The molecule has 2 aromatic heterocycles. The third-order valence-electron chi connectivity index (χ3n) is 6.15. The zero-order valence-electron chi connectivity index (χ0n) is 16.8. The standard InChI is InChI=1S/C25H26N4/c1-18-7-2-3-9-21(18)23-15-27-28-25(23)20-8-6-14-29(17-20)16-19-12-13-26-24-11-5-4-10-22(19)24/h2-5,7,9-13,15,20H,6,8,14,16-17H2,1H3,(H,27,28). The number of H-pyrrole nitrogens is 1. The van der Waals surface area contributed by atoms with E-state index in [1.165, 1.54) is 46.2 Å². The minimum Gasteiger partial charge on any atom is -0.298 e. The summed E-state index contributed by atoms with van der Waals surface area (Å²) in [6.07, 6.45) is 6.34. The molecule has 4 aromatic rings. The van der Waals surface area contributed by atoms with Crippen LogP contribution < -0.4 is 0 Å². The van der Waals surface area contributed by atoms with E-state index in [4.69, 9.17) is 0 Å². The van der Waals surface area contributed by atoms with Gasteiger partial charge in [0.2, 0.25) is 0 Å². The van der Waals surface area contributed by atoms with Crippen molar-refractivity contribution >= 4 is 10.9 Å². The Balaban J connectivity index is 1.40. The second-order valence-electron chi connectivity index (χ2n) is 8.07. The second kappa shape index (κ2) is 7.80. The van der Waals surface area contributed by atoms with E-state index in [1.807, 2.05) is 12.4 Å². The molecule has 29 heavy (non-hydrogen) atoms. The predicted octanol–water partition coefficient (Wildman–Crippen LogP) is 5.31. The van der Waals surface area contributed by atoms with Gasteiger partial charge in [-0.1, -0.05) is 42.5 Å². The van der Waals surface area contributed by atoms with Crippen LogP contribution in [0.15, 0.2) is 67.0 Å². The Morgan fingerprint density at radius 2 is 1.90 bits per heavy atom. The van der Waals surface area contributed by atoms with E-state index >= 15 is 0 Å². The lowest BCUT2D eigenvalue weighted by molar-refractivity contribution is 0.199. The third kappa shape index (κ3) is 3.56. The van der Waals surface area contributed by atoms with Crippen molar-refractivity contribution in [1.82, 2.24) is 20.1 Å². The molecule has 146 valence electrons. The van der Waals surface area contributed by atoms with E-state index in [-0.39, 0.29) is 0 Å². The maximum absolute atomic E-state index is 4.51. The summed E-state index contributed by atoms with van der Waals surface area (Å²) < 4.78 is 0. The zero-order valence-corrected chi connectivity index (χ0v) is 16.8. The summed E-state index contributed by atoms with van der Waals surface area (Å²) in [5.41, 5.74) is 7.56. The van der Waals surface area contributed by atoms with Gasteiger partial charge < -0.3 is 0 Å². The first-order valence-electron chi connectivity index (χ1n) is 10.4. The number of aromatic amines is 1. The fourth-order valence-corrected chi connectivity index (χ4v) is 4.67. The van der Waals surface area contributed by atoms with Crippen LogP contribution >= 0.6 is 0 Å². The monoisotopic (exact) mass is 382 g/mol. The number of aromatic nitrogens is 3. The molecule has 1 N–H and O–H groups in total. The molecule has 1 fully saturated rings. The summed E-state index contributed by atoms with van der Waals surface area (Å²) in [7, 11) is 0. The minimum atomic E-state index is 0.481. The highest BCUT2D eigenvalue weighted by Crippen LogP contribution is 2.34. The van der Waals surface area contributed by atoms with Gasteiger partial charge in [0.25, 0.3) is 0 Å². The van der Waals surface area contributed by atoms with E-state index in [1.54, 1.807) is 0 Å². The number of likely N-dealkylation sites (tertiary alicyclic amines) is 1. The molecule has 0 saturated carbocycles. The largest absolute Gasteiger partial charge is 0.298 e. The predicted molar refractivity (Wildman–Crippen MR) is 118 cm³/mol. The number of pyridine rings is 1. The molecule has 1 aliphatic heterocycles. The lowest BCUT2D eigenvalue weighted by Gasteiger charge is -2.33. The number of nitrogens with one attached hydrogen (secondary N) is 1. The van der Waals surface area contributed by atoms with E-state index in [0.29, 0.717) is 5.92 Å². The summed E-state index contributed by atoms with van der Waals surface area (Å²) in [5, 5.41) is 9.00. The Kier molecular flexibility index (Phi) is 4.86. The summed E-state index contributed by atoms with van der Waals surface area (Å²) in [6, 6.07) is 19.2. The summed E-state index contributed by atoms with van der Waals surface area (Å²) in [4.78, 5) is 7.09. The highest BCUT2D eigenvalue weighted by atomic mass is 15.2. The van der Waals surface area contributed by atoms with Gasteiger partial charge in [-0.2, -0.15) is 5.10 Å². The van der Waals surface area contributed by atoms with E-state index in [9.17, 15) is 0 Å². The van der Waals surface area contributed by atoms with Gasteiger partial charge in [0, 0.05) is 41.8 Å². The highest BCUT2D eigenvalue weighted by Gasteiger charge is 2.25. The summed E-state index contributed by atoms with van der Waals surface area (Å²) in [6.45, 7) is 5.33. The molecule has 4 nitrogen and oxygen atoms in total. The number of para-hydroxylation sites is 1. The van der Waals surface area contributed by atoms with Gasteiger partial charge in [0.1, 0.15) is 0 Å². The SMILES string of the molecule is Cc1ccccc1-c1cn[nH]c1C1CCCN(Cc2ccnc3ccccc23)C1. The first-order valence-corrected chi connectivity index (χ1v) is 10.4. The fourth-order valence-electron chi connectivity index (χ4n) is 4.67. The number of benzene rings is 2. The van der Waals surface area contributed by atoms with Crippen LogP contribution in [0.4, 0.5) is 0 Å². The lowest BCUT2D eigenvalue weighted by atomic mass is 9.89. The van der Waals surface area contributed by atoms with E-state index in [2.05, 4.69) is 81.6 Å². The quantitative estimate of drug-likeness (QED) is 0.520. The maximum atomic E-state index is 4.51. The average molecular weight is 383 g/mol. The molecular weight excluding hydrogens is 356 g/mol. The number of fused-ring (bicyclic) bond motifs is 1. The molecule has 1 saturated heterocycles. The molecule has 2 aromatic carbocycles. The van der Waals surface area contributed by atoms with Crippen LogP contribution in [0.2, 0.25) is 0 Å². The minimum absolute atomic E-state index is 0.481. The number of hydrogen-bond donors (Lipinski definition) is 1. The van der Waals surface area contributed by atoms with Gasteiger partial charge >= 0.3 is 0 Å². The summed E-state index contributed by atoms with van der Waals surface area (Å²) in [5.74, 6) is 0.481. The number of rotatable bonds is 4. The molecule has 0 bridgehead atoms. The molecule has 0 radical (unpaired) electrons. The van der Waals surface area contributed by atoms with Gasteiger partial charge in [0.05, 0.1) is 11.7 Å². The van der Waals surface area contributed by atoms with Gasteiger partial charge in [-0.3, -0.25) is 15.0 Å². The van der Waals surface area contributed by atoms with Crippen molar-refractivity contribution in [3.05, 3.63) is 83.8 Å². The van der Waals surface area contributed by atoms with E-state index < -0.39 is 0 Å². The van der Waals surface area contributed by atoms with Gasteiger partial charge in [-0.05, 0) is 55.1 Å². The molecule has 0 spiro atoms. The van der Waals surface area contributed by atoms with Crippen LogP contribution in [0.25, 0.3) is 22.0 Å². The number of hydrogen-bond acceptors (Lipinski definition) is 3. The smallest absolute Gasteiger partial charge is 0.0705 e. The Morgan fingerprint density at radius 3 is 2.83 bits per heavy atom. The van der Waals surface area contributed by atoms with Crippen molar-refractivity contribution in [3.63, 3.8) is 0 Å². The second-order valence-corrected chi connectivity index (χ2v) is 8.07. The molecule has 5 rings (SSSR count). The van der Waals surface area contributed by atoms with Crippen LogP contribution in [-0.2, 0) is 6.54 Å². The molecule has 1 aliphatic rings. The number of aryl methyl sites for hydroxylation is 1. The third-order valence-corrected chi connectivity index (χ3v) is 6.15. The zero-order chi connectivity index (χ0) is 19.6. The van der Waals surface area contributed by atoms with Gasteiger partial charge in [0.15, 0.2) is 0 Å². The normalized spacial score (nSPS) is 17.6. The van der Waals surface area contributed by atoms with Crippen molar-refractivity contribution in [2.24, 2.45) is 0 Å². The molecule has 1 unspecified atom stereocenters. The molecule has 0 aliphatic carbocycles. The fraction of sp³-hybridized carbons (Fsp3) is 0.280. The van der Waals surface area contributed by atoms with Crippen LogP contribution in [0, 0.1) is 6.92 Å². The first-order chi connectivity index (χ1) is 14.3. The Hall–Kier alpha value is -2.98. The Bertz CT molecular complexity index is 1130. The lowest BCUT2D eigenvalue weighted by Crippen LogP contribution is -2.34. The average Bonchev–Trinajstić information content (AvgIpc) is 3.24. The molecule has 4 heteroatoms. The Labute approximate surface area is 171 Å². The van der Waals surface area contributed by atoms with Crippen LogP contribution in [0.5, 0.6) is 0 Å². The van der Waals surface area contributed by atoms with Gasteiger partial charge in [-0.25, -0.2) is 0 Å². The van der Waals surface area contributed by atoms with Crippen molar-refractivity contribution < 1.29 is 0 Å². The van der Waals surface area contributed by atoms with Crippen LogP contribution in [0.3, 0.4) is 0 Å². The Morgan fingerprint density at radius 1 is 1.03 bits per heavy atom. The highest BCUT2D eigenvalue weighted by molar-refractivity contribution is 5.81. The van der Waals surface area contributed by atoms with Crippen molar-refractivity contribution in [1.29, 1.82) is 0 Å². The van der Waals surface area contributed by atoms with Crippen molar-refractivity contribution in [2.75, 3.05) is 13.1 Å². The van der Waals surface area contributed by atoms with Gasteiger partial charge in [-0.15, -0.1) is 0 Å². The topological polar surface area (TPSA) is 44.8 Å². The number of piperidine rings is 1. The van der Waals surface area contributed by atoms with Crippen LogP contribution in [0.1, 0.15) is 35.6 Å². The summed E-state index contributed by atoms with van der Waals surface area (Å²) >= 11 is 0. The van der Waals surface area contributed by atoms with E-state index in [0.717, 1.165) is 25.2 Å². The molecule has 3 heterocycles. The molecule has 0 amide bonds. The molecule has 1 atom stereocenters. The first kappa shape index (κ1) is 18.1.